The second kappa shape index (κ2) is 4.11. The van der Waals surface area contributed by atoms with Crippen molar-refractivity contribution in [1.29, 1.82) is 0 Å². The maximum Gasteiger partial charge on any atom is 0.320 e. The van der Waals surface area contributed by atoms with E-state index in [1.54, 1.807) is 0 Å². The van der Waals surface area contributed by atoms with Crippen molar-refractivity contribution in [3.05, 3.63) is 27.7 Å². The summed E-state index contributed by atoms with van der Waals surface area (Å²) in [6.45, 7) is 0. The topological polar surface area (TPSA) is 65.3 Å². The molecule has 0 unspecified atom stereocenters. The lowest BCUT2D eigenvalue weighted by Crippen LogP contribution is -2.03. The molecule has 1 heterocycles. The Morgan fingerprint density at radius 1 is 1.60 bits per heavy atom. The van der Waals surface area contributed by atoms with Crippen LogP contribution in [0.3, 0.4) is 0 Å². The van der Waals surface area contributed by atoms with E-state index in [-0.39, 0.29) is 0 Å². The normalized spacial score (nSPS) is 10.5. The first-order valence-corrected chi connectivity index (χ1v) is 3.64. The van der Waals surface area contributed by atoms with E-state index in [2.05, 4.69) is 9.72 Å². The number of rotatable bonds is 3. The van der Waals surface area contributed by atoms with Crippen LogP contribution in [-0.2, 0) is 0 Å². The first-order chi connectivity index (χ1) is 6.99. The van der Waals surface area contributed by atoms with Crippen LogP contribution in [0, 0.1) is 15.9 Å². The molecule has 0 aliphatic rings. The Balaban J connectivity index is 3.44. The van der Waals surface area contributed by atoms with Crippen LogP contribution in [0.1, 0.15) is 12.0 Å². The zero-order chi connectivity index (χ0) is 11.6. The van der Waals surface area contributed by atoms with Gasteiger partial charge in [-0.2, -0.15) is 4.39 Å². The van der Waals surface area contributed by atoms with E-state index in [1.807, 2.05) is 0 Å². The summed E-state index contributed by atoms with van der Waals surface area (Å²) in [4.78, 5) is 12.3. The van der Waals surface area contributed by atoms with Gasteiger partial charge in [0.05, 0.1) is 12.0 Å². The second-order valence-corrected chi connectivity index (χ2v) is 2.44. The molecule has 1 aromatic rings. The van der Waals surface area contributed by atoms with Crippen molar-refractivity contribution in [3.8, 4) is 5.88 Å². The molecule has 0 saturated heterocycles. The lowest BCUT2D eigenvalue weighted by atomic mass is 10.2. The smallest absolute Gasteiger partial charge is 0.320 e. The number of aromatic nitrogens is 1. The summed E-state index contributed by atoms with van der Waals surface area (Å²) >= 11 is 0. The number of hydrogen-bond donors (Lipinski definition) is 0. The van der Waals surface area contributed by atoms with Gasteiger partial charge < -0.3 is 4.74 Å². The minimum absolute atomic E-state index is 0.519. The zero-order valence-corrected chi connectivity index (χ0v) is 7.41. The minimum Gasteiger partial charge on any atom is -0.479 e. The molecule has 15 heavy (non-hydrogen) atoms. The summed E-state index contributed by atoms with van der Waals surface area (Å²) < 4.78 is 42.0. The van der Waals surface area contributed by atoms with E-state index in [0.717, 1.165) is 7.11 Å². The fourth-order valence-corrected chi connectivity index (χ4v) is 0.962. The Morgan fingerprint density at radius 2 is 2.20 bits per heavy atom. The number of hydrogen-bond acceptors (Lipinski definition) is 4. The predicted molar refractivity (Wildman–Crippen MR) is 42.4 cm³/mol. The van der Waals surface area contributed by atoms with Crippen molar-refractivity contribution >= 4 is 5.69 Å². The number of alkyl halides is 2. The molecule has 0 spiro atoms. The Labute approximate surface area is 81.6 Å². The molecule has 0 aliphatic carbocycles. The first kappa shape index (κ1) is 11.2. The molecule has 0 aromatic carbocycles. The molecule has 5 nitrogen and oxygen atoms in total. The van der Waals surface area contributed by atoms with Crippen molar-refractivity contribution in [2.24, 2.45) is 0 Å². The van der Waals surface area contributed by atoms with Crippen LogP contribution in [0.2, 0.25) is 0 Å². The molecular formula is C7H5F3N2O3. The molecule has 0 aliphatic heterocycles. The zero-order valence-electron chi connectivity index (χ0n) is 7.41. The number of nitro groups is 1. The average Bonchev–Trinajstić information content (AvgIpc) is 2.16. The second-order valence-electron chi connectivity index (χ2n) is 2.44. The largest absolute Gasteiger partial charge is 0.479 e. The molecule has 0 N–H and O–H groups in total. The number of ether oxygens (including phenoxy) is 1. The van der Waals surface area contributed by atoms with Crippen LogP contribution in [-0.4, -0.2) is 17.0 Å². The van der Waals surface area contributed by atoms with Gasteiger partial charge >= 0.3 is 5.69 Å². The maximum absolute atomic E-state index is 13.2. The monoisotopic (exact) mass is 222 g/mol. The van der Waals surface area contributed by atoms with E-state index in [4.69, 9.17) is 0 Å². The minimum atomic E-state index is -3.17. The van der Waals surface area contributed by atoms with Crippen LogP contribution in [0.25, 0.3) is 0 Å². The maximum atomic E-state index is 13.2. The molecular weight excluding hydrogens is 217 g/mol. The number of nitrogens with zero attached hydrogens (tertiary/aromatic N) is 2. The van der Waals surface area contributed by atoms with Gasteiger partial charge in [-0.25, -0.2) is 13.8 Å². The molecule has 8 heteroatoms. The molecule has 0 saturated carbocycles. The van der Waals surface area contributed by atoms with Crippen LogP contribution in [0.15, 0.2) is 6.20 Å². The van der Waals surface area contributed by atoms with E-state index >= 15 is 0 Å². The third-order valence-electron chi connectivity index (χ3n) is 1.60. The third kappa shape index (κ3) is 1.97. The Bertz CT molecular complexity index is 397. The van der Waals surface area contributed by atoms with Crippen LogP contribution < -0.4 is 4.74 Å². The van der Waals surface area contributed by atoms with Crippen LogP contribution in [0.5, 0.6) is 5.88 Å². The molecule has 1 aromatic heterocycles. The van der Waals surface area contributed by atoms with Gasteiger partial charge in [-0.05, 0) is 0 Å². The van der Waals surface area contributed by atoms with Gasteiger partial charge in [0.15, 0.2) is 0 Å². The van der Waals surface area contributed by atoms with Crippen molar-refractivity contribution in [3.63, 3.8) is 0 Å². The summed E-state index contributed by atoms with van der Waals surface area (Å²) in [6.07, 6.45) is -2.65. The van der Waals surface area contributed by atoms with Crippen LogP contribution in [0.4, 0.5) is 18.9 Å². The summed E-state index contributed by atoms with van der Waals surface area (Å²) in [7, 11) is 1.02. The van der Waals surface area contributed by atoms with Gasteiger partial charge in [-0.1, -0.05) is 0 Å². The van der Waals surface area contributed by atoms with Gasteiger partial charge in [-0.15, -0.1) is 0 Å². The average molecular weight is 222 g/mol. The highest BCUT2D eigenvalue weighted by molar-refractivity contribution is 5.44. The predicted octanol–water partition coefficient (Wildman–Crippen LogP) is 2.08. The fourth-order valence-electron chi connectivity index (χ4n) is 0.962. The Hall–Kier alpha value is -1.86. The van der Waals surface area contributed by atoms with Crippen molar-refractivity contribution in [1.82, 2.24) is 4.98 Å². The summed E-state index contributed by atoms with van der Waals surface area (Å²) in [6, 6.07) is 0. The lowest BCUT2D eigenvalue weighted by Gasteiger charge is -2.04. The van der Waals surface area contributed by atoms with Gasteiger partial charge in [0.25, 0.3) is 18.1 Å². The number of pyridine rings is 1. The molecule has 82 valence electrons. The molecule has 0 bridgehead atoms. The van der Waals surface area contributed by atoms with E-state index < -0.39 is 34.3 Å². The quantitative estimate of drug-likeness (QED) is 0.580. The Morgan fingerprint density at radius 3 is 2.60 bits per heavy atom. The third-order valence-corrected chi connectivity index (χ3v) is 1.60. The van der Waals surface area contributed by atoms with E-state index in [9.17, 15) is 23.3 Å². The number of methoxy groups -OCH3 is 1. The highest BCUT2D eigenvalue weighted by Gasteiger charge is 2.30. The molecule has 0 atom stereocenters. The van der Waals surface area contributed by atoms with Crippen molar-refractivity contribution < 1.29 is 22.8 Å². The highest BCUT2D eigenvalue weighted by atomic mass is 19.3. The highest BCUT2D eigenvalue weighted by Crippen LogP contribution is 2.33. The fraction of sp³-hybridized carbons (Fsp3) is 0.286. The van der Waals surface area contributed by atoms with Gasteiger partial charge in [0.1, 0.15) is 5.56 Å². The summed E-state index contributed by atoms with van der Waals surface area (Å²) in [5.74, 6) is -2.19. The van der Waals surface area contributed by atoms with Gasteiger partial charge in [0, 0.05) is 6.20 Å². The summed E-state index contributed by atoms with van der Waals surface area (Å²) in [5.41, 5.74) is -2.38. The molecule has 0 amide bonds. The molecule has 0 radical (unpaired) electrons. The SMILES string of the molecule is COc1ncc(C(F)F)c([N+](=O)[O-])c1F. The summed E-state index contributed by atoms with van der Waals surface area (Å²) in [5, 5.41) is 10.4. The lowest BCUT2D eigenvalue weighted by molar-refractivity contribution is -0.389. The molecule has 0 fully saturated rings. The van der Waals surface area contributed by atoms with Crippen molar-refractivity contribution in [2.45, 2.75) is 6.43 Å². The number of halogens is 3. The van der Waals surface area contributed by atoms with Crippen LogP contribution >= 0.6 is 0 Å². The van der Waals surface area contributed by atoms with E-state index in [1.165, 1.54) is 0 Å². The standard InChI is InChI=1S/C7H5F3N2O3/c1-15-7-4(8)5(12(13)14)3(2-11-7)6(9)10/h2,6H,1H3. The van der Waals surface area contributed by atoms with Crippen molar-refractivity contribution in [2.75, 3.05) is 7.11 Å². The van der Waals surface area contributed by atoms with E-state index in [0.29, 0.717) is 6.20 Å². The molecule has 1 rings (SSSR count). The Kier molecular flexibility index (Phi) is 3.08. The van der Waals surface area contributed by atoms with Gasteiger partial charge in [0.2, 0.25) is 0 Å². The first-order valence-electron chi connectivity index (χ1n) is 3.64. The van der Waals surface area contributed by atoms with Gasteiger partial charge in [-0.3, -0.25) is 10.1 Å².